The fraction of sp³-hybridized carbons (Fsp3) is 0.913. The predicted octanol–water partition coefficient (Wildman–Crippen LogP) is 7.06. The van der Waals surface area contributed by atoms with E-state index in [1.807, 2.05) is 0 Å². The molecule has 0 saturated carbocycles. The molecule has 0 aromatic rings. The lowest BCUT2D eigenvalue weighted by atomic mass is 9.53. The standard InChI is InChI=1S/C23H44O4/c1-5-9-15-22(16-10-6-2,17-13-14-20(24)25)23(21(26)27,18-11-7-3)19-12-8-4/h5-19H2,1-4H3,(H,24,25)(H,26,27). The van der Waals surface area contributed by atoms with Gasteiger partial charge in [-0.3, -0.25) is 9.59 Å². The van der Waals surface area contributed by atoms with Gasteiger partial charge in [0.2, 0.25) is 0 Å². The van der Waals surface area contributed by atoms with Crippen LogP contribution in [0, 0.1) is 10.8 Å². The summed E-state index contributed by atoms with van der Waals surface area (Å²) in [5, 5.41) is 19.6. The monoisotopic (exact) mass is 384 g/mol. The maximum atomic E-state index is 12.8. The van der Waals surface area contributed by atoms with Crippen LogP contribution in [0.2, 0.25) is 0 Å². The number of aliphatic carboxylic acids is 2. The van der Waals surface area contributed by atoms with E-state index in [0.717, 1.165) is 83.5 Å². The average Bonchev–Trinajstić information content (AvgIpc) is 2.63. The lowest BCUT2D eigenvalue weighted by Gasteiger charge is -2.50. The summed E-state index contributed by atoms with van der Waals surface area (Å²) in [5.74, 6) is -1.43. The van der Waals surface area contributed by atoms with Gasteiger partial charge in [0, 0.05) is 6.42 Å². The van der Waals surface area contributed by atoms with Crippen molar-refractivity contribution in [3.8, 4) is 0 Å². The van der Waals surface area contributed by atoms with Crippen molar-refractivity contribution in [1.29, 1.82) is 0 Å². The molecule has 0 heterocycles. The van der Waals surface area contributed by atoms with Crippen molar-refractivity contribution < 1.29 is 19.8 Å². The van der Waals surface area contributed by atoms with E-state index in [4.69, 9.17) is 5.11 Å². The van der Waals surface area contributed by atoms with Gasteiger partial charge in [0.15, 0.2) is 0 Å². The second-order valence-corrected chi connectivity index (χ2v) is 8.33. The quantitative estimate of drug-likeness (QED) is 0.265. The first-order chi connectivity index (χ1) is 12.9. The fourth-order valence-corrected chi connectivity index (χ4v) is 4.75. The molecule has 0 aliphatic heterocycles. The highest BCUT2D eigenvalue weighted by atomic mass is 16.4. The predicted molar refractivity (Wildman–Crippen MR) is 112 cm³/mol. The van der Waals surface area contributed by atoms with Crippen LogP contribution < -0.4 is 0 Å². The molecule has 160 valence electrons. The molecule has 0 aliphatic carbocycles. The number of rotatable bonds is 18. The molecule has 0 aromatic carbocycles. The first kappa shape index (κ1) is 25.9. The number of unbranched alkanes of at least 4 members (excludes halogenated alkanes) is 4. The van der Waals surface area contributed by atoms with Gasteiger partial charge < -0.3 is 10.2 Å². The van der Waals surface area contributed by atoms with Crippen LogP contribution in [-0.4, -0.2) is 22.2 Å². The summed E-state index contributed by atoms with van der Waals surface area (Å²) in [4.78, 5) is 23.9. The van der Waals surface area contributed by atoms with Crippen molar-refractivity contribution >= 4 is 11.9 Å². The van der Waals surface area contributed by atoms with Gasteiger partial charge in [-0.2, -0.15) is 0 Å². The molecule has 4 heteroatoms. The van der Waals surface area contributed by atoms with Gasteiger partial charge in [-0.15, -0.1) is 0 Å². The average molecular weight is 385 g/mol. The number of carboxylic acid groups (broad SMARTS) is 2. The lowest BCUT2D eigenvalue weighted by molar-refractivity contribution is -0.164. The third-order valence-electron chi connectivity index (χ3n) is 6.40. The van der Waals surface area contributed by atoms with E-state index in [-0.39, 0.29) is 11.8 Å². The van der Waals surface area contributed by atoms with Crippen molar-refractivity contribution in [3.63, 3.8) is 0 Å². The van der Waals surface area contributed by atoms with Crippen LogP contribution in [0.5, 0.6) is 0 Å². The van der Waals surface area contributed by atoms with Gasteiger partial charge in [0.25, 0.3) is 0 Å². The van der Waals surface area contributed by atoms with Gasteiger partial charge in [-0.05, 0) is 43.9 Å². The van der Waals surface area contributed by atoms with Gasteiger partial charge >= 0.3 is 11.9 Å². The smallest absolute Gasteiger partial charge is 0.310 e. The van der Waals surface area contributed by atoms with Crippen LogP contribution in [0.1, 0.15) is 124 Å². The molecule has 0 spiro atoms. The third kappa shape index (κ3) is 7.83. The zero-order valence-corrected chi connectivity index (χ0v) is 18.3. The minimum absolute atomic E-state index is 0.136. The van der Waals surface area contributed by atoms with Crippen molar-refractivity contribution in [3.05, 3.63) is 0 Å². The van der Waals surface area contributed by atoms with Crippen molar-refractivity contribution in [2.75, 3.05) is 0 Å². The summed E-state index contributed by atoms with van der Waals surface area (Å²) < 4.78 is 0. The van der Waals surface area contributed by atoms with E-state index in [2.05, 4.69) is 27.7 Å². The Hall–Kier alpha value is -1.06. The van der Waals surface area contributed by atoms with Crippen molar-refractivity contribution in [2.24, 2.45) is 10.8 Å². The van der Waals surface area contributed by atoms with E-state index >= 15 is 0 Å². The number of hydrogen-bond acceptors (Lipinski definition) is 2. The lowest BCUT2D eigenvalue weighted by Crippen LogP contribution is -2.48. The summed E-state index contributed by atoms with van der Waals surface area (Å²) in [6.07, 6.45) is 12.7. The Morgan fingerprint density at radius 3 is 1.33 bits per heavy atom. The molecule has 0 rings (SSSR count). The highest BCUT2D eigenvalue weighted by Crippen LogP contribution is 2.56. The first-order valence-corrected chi connectivity index (χ1v) is 11.3. The van der Waals surface area contributed by atoms with E-state index in [1.165, 1.54) is 0 Å². The molecular weight excluding hydrogens is 340 g/mol. The van der Waals surface area contributed by atoms with Crippen LogP contribution in [0.4, 0.5) is 0 Å². The zero-order valence-electron chi connectivity index (χ0n) is 18.3. The summed E-state index contributed by atoms with van der Waals surface area (Å²) in [5.41, 5.74) is -1.01. The Morgan fingerprint density at radius 1 is 0.630 bits per heavy atom. The summed E-state index contributed by atoms with van der Waals surface area (Å²) in [6.45, 7) is 8.55. The minimum atomic E-state index is -0.780. The van der Waals surface area contributed by atoms with Crippen LogP contribution in [-0.2, 0) is 9.59 Å². The van der Waals surface area contributed by atoms with Crippen LogP contribution in [0.3, 0.4) is 0 Å². The Bertz CT molecular complexity index is 401. The molecule has 0 radical (unpaired) electrons. The SMILES string of the molecule is CCCCC(CCCC)(CCCC(=O)O)C(CCCC)(CCCC)C(=O)O. The van der Waals surface area contributed by atoms with Crippen LogP contribution in [0.25, 0.3) is 0 Å². The van der Waals surface area contributed by atoms with Gasteiger partial charge in [-0.25, -0.2) is 0 Å². The molecular formula is C23H44O4. The second kappa shape index (κ2) is 14.0. The van der Waals surface area contributed by atoms with Crippen LogP contribution in [0.15, 0.2) is 0 Å². The van der Waals surface area contributed by atoms with Crippen LogP contribution >= 0.6 is 0 Å². The highest BCUT2D eigenvalue weighted by molar-refractivity contribution is 5.76. The van der Waals surface area contributed by atoms with Crippen molar-refractivity contribution in [2.45, 2.75) is 124 Å². The molecule has 0 fully saturated rings. The zero-order chi connectivity index (χ0) is 20.8. The summed E-state index contributed by atoms with van der Waals surface area (Å²) in [7, 11) is 0. The van der Waals surface area contributed by atoms with E-state index < -0.39 is 17.4 Å². The molecule has 0 unspecified atom stereocenters. The minimum Gasteiger partial charge on any atom is -0.481 e. The van der Waals surface area contributed by atoms with Gasteiger partial charge in [0.1, 0.15) is 0 Å². The summed E-state index contributed by atoms with van der Waals surface area (Å²) >= 11 is 0. The third-order valence-corrected chi connectivity index (χ3v) is 6.40. The largest absolute Gasteiger partial charge is 0.481 e. The molecule has 2 N–H and O–H groups in total. The molecule has 4 nitrogen and oxygen atoms in total. The molecule has 0 aliphatic rings. The molecule has 0 saturated heterocycles. The first-order valence-electron chi connectivity index (χ1n) is 11.3. The number of carbonyl (C=O) groups is 2. The molecule has 0 bridgehead atoms. The maximum Gasteiger partial charge on any atom is 0.310 e. The molecule has 0 aromatic heterocycles. The topological polar surface area (TPSA) is 74.6 Å². The Kier molecular flexibility index (Phi) is 13.5. The number of hydrogen-bond donors (Lipinski definition) is 2. The number of carboxylic acids is 2. The van der Waals surface area contributed by atoms with E-state index in [0.29, 0.717) is 6.42 Å². The summed E-state index contributed by atoms with van der Waals surface area (Å²) in [6, 6.07) is 0. The Balaban J connectivity index is 6.09. The van der Waals surface area contributed by atoms with E-state index in [1.54, 1.807) is 0 Å². The molecule has 0 amide bonds. The van der Waals surface area contributed by atoms with Gasteiger partial charge in [-0.1, -0.05) is 79.1 Å². The van der Waals surface area contributed by atoms with Gasteiger partial charge in [0.05, 0.1) is 5.41 Å². The molecule has 27 heavy (non-hydrogen) atoms. The van der Waals surface area contributed by atoms with E-state index in [9.17, 15) is 14.7 Å². The fourth-order valence-electron chi connectivity index (χ4n) is 4.75. The van der Waals surface area contributed by atoms with Crippen molar-refractivity contribution in [1.82, 2.24) is 0 Å². The maximum absolute atomic E-state index is 12.8. The Labute approximate surface area is 167 Å². The normalized spacial score (nSPS) is 12.3. The second-order valence-electron chi connectivity index (χ2n) is 8.33. The highest BCUT2D eigenvalue weighted by Gasteiger charge is 2.53. The Morgan fingerprint density at radius 2 is 1.00 bits per heavy atom. The molecule has 0 atom stereocenters.